The first-order valence-electron chi connectivity index (χ1n) is 6.99. The van der Waals surface area contributed by atoms with Crippen LogP contribution in [0.15, 0.2) is 24.3 Å². The largest absolute Gasteiger partial charge is 0.373 e. The van der Waals surface area contributed by atoms with Gasteiger partial charge in [-0.05, 0) is 18.1 Å². The van der Waals surface area contributed by atoms with E-state index < -0.39 is 0 Å². The number of benzene rings is 1. The molecule has 1 aliphatic rings. The maximum atomic E-state index is 12.5. The van der Waals surface area contributed by atoms with Crippen LogP contribution in [0.3, 0.4) is 0 Å². The van der Waals surface area contributed by atoms with Crippen LogP contribution in [0.4, 0.5) is 5.69 Å². The van der Waals surface area contributed by atoms with Gasteiger partial charge in [-0.1, -0.05) is 25.1 Å². The van der Waals surface area contributed by atoms with Crippen molar-refractivity contribution in [3.05, 3.63) is 29.8 Å². The van der Waals surface area contributed by atoms with Gasteiger partial charge in [0, 0.05) is 25.7 Å². The van der Waals surface area contributed by atoms with Crippen LogP contribution in [-0.4, -0.2) is 42.9 Å². The number of amides is 2. The quantitative estimate of drug-likeness (QED) is 0.843. The molecule has 0 unspecified atom stereocenters. The number of carbonyl (C=O) groups is 2. The van der Waals surface area contributed by atoms with Crippen LogP contribution in [0.1, 0.15) is 18.9 Å². The monoisotopic (exact) mass is 275 g/mol. The summed E-state index contributed by atoms with van der Waals surface area (Å²) < 4.78 is 0. The second-order valence-corrected chi connectivity index (χ2v) is 4.99. The Bertz CT molecular complexity index is 477. The van der Waals surface area contributed by atoms with Crippen LogP contribution in [0.25, 0.3) is 0 Å². The van der Waals surface area contributed by atoms with Gasteiger partial charge < -0.3 is 15.5 Å². The number of para-hydroxylation sites is 1. The van der Waals surface area contributed by atoms with Crippen LogP contribution in [0.5, 0.6) is 0 Å². The molecular weight excluding hydrogens is 254 g/mol. The average molecular weight is 275 g/mol. The number of nitrogens with one attached hydrogen (secondary N) is 2. The second-order valence-electron chi connectivity index (χ2n) is 4.99. The minimum absolute atomic E-state index is 0.00773. The SMILES string of the molecule is CCCN(CC(=O)NC)C(=O)[C@@H]1Cc2ccccc2N1. The van der Waals surface area contributed by atoms with Crippen LogP contribution in [0, 0.1) is 0 Å². The zero-order valence-corrected chi connectivity index (χ0v) is 12.0. The Labute approximate surface area is 119 Å². The summed E-state index contributed by atoms with van der Waals surface area (Å²) in [6.45, 7) is 2.72. The Morgan fingerprint density at radius 1 is 1.40 bits per heavy atom. The van der Waals surface area contributed by atoms with Gasteiger partial charge in [-0.2, -0.15) is 0 Å². The molecule has 1 aromatic rings. The molecule has 2 rings (SSSR count). The predicted molar refractivity (Wildman–Crippen MR) is 78.5 cm³/mol. The highest BCUT2D eigenvalue weighted by molar-refractivity contribution is 5.90. The molecule has 1 atom stereocenters. The van der Waals surface area contributed by atoms with Crippen molar-refractivity contribution < 1.29 is 9.59 Å². The molecule has 108 valence electrons. The van der Waals surface area contributed by atoms with E-state index in [-0.39, 0.29) is 24.4 Å². The summed E-state index contributed by atoms with van der Waals surface area (Å²) in [5, 5.41) is 5.80. The molecule has 0 saturated heterocycles. The highest BCUT2D eigenvalue weighted by atomic mass is 16.2. The number of fused-ring (bicyclic) bond motifs is 1. The maximum absolute atomic E-state index is 12.5. The number of hydrogen-bond acceptors (Lipinski definition) is 3. The minimum Gasteiger partial charge on any atom is -0.373 e. The molecular formula is C15H21N3O2. The third kappa shape index (κ3) is 3.10. The molecule has 2 N–H and O–H groups in total. The number of anilines is 1. The van der Waals surface area contributed by atoms with Gasteiger partial charge in [-0.3, -0.25) is 9.59 Å². The van der Waals surface area contributed by atoms with E-state index in [9.17, 15) is 9.59 Å². The second kappa shape index (κ2) is 6.41. The Morgan fingerprint density at radius 2 is 2.15 bits per heavy atom. The van der Waals surface area contributed by atoms with Gasteiger partial charge in [0.05, 0.1) is 6.54 Å². The lowest BCUT2D eigenvalue weighted by Crippen LogP contribution is -2.46. The number of nitrogens with zero attached hydrogens (tertiary/aromatic N) is 1. The van der Waals surface area contributed by atoms with E-state index in [1.807, 2.05) is 31.2 Å². The van der Waals surface area contributed by atoms with E-state index in [1.54, 1.807) is 11.9 Å². The van der Waals surface area contributed by atoms with Crippen LogP contribution in [-0.2, 0) is 16.0 Å². The van der Waals surface area contributed by atoms with Crippen LogP contribution >= 0.6 is 0 Å². The van der Waals surface area contributed by atoms with Crippen molar-refractivity contribution >= 4 is 17.5 Å². The third-order valence-electron chi connectivity index (χ3n) is 3.49. The molecule has 0 aromatic heterocycles. The first-order valence-corrected chi connectivity index (χ1v) is 6.99. The van der Waals surface area contributed by atoms with Gasteiger partial charge in [-0.15, -0.1) is 0 Å². The molecule has 2 amide bonds. The van der Waals surface area contributed by atoms with Gasteiger partial charge in [0.2, 0.25) is 11.8 Å². The normalized spacial score (nSPS) is 16.2. The van der Waals surface area contributed by atoms with Crippen molar-refractivity contribution in [2.24, 2.45) is 0 Å². The topological polar surface area (TPSA) is 61.4 Å². The Morgan fingerprint density at radius 3 is 2.80 bits per heavy atom. The highest BCUT2D eigenvalue weighted by Gasteiger charge is 2.30. The van der Waals surface area contributed by atoms with E-state index in [0.717, 1.165) is 17.7 Å². The molecule has 0 aliphatic carbocycles. The zero-order valence-electron chi connectivity index (χ0n) is 12.0. The minimum atomic E-state index is -0.261. The first-order chi connectivity index (χ1) is 9.65. The molecule has 0 radical (unpaired) electrons. The van der Waals surface area contributed by atoms with E-state index in [4.69, 9.17) is 0 Å². The number of rotatable bonds is 5. The van der Waals surface area contributed by atoms with Crippen molar-refractivity contribution in [3.63, 3.8) is 0 Å². The summed E-state index contributed by atoms with van der Waals surface area (Å²) in [6.07, 6.45) is 1.52. The molecule has 20 heavy (non-hydrogen) atoms. The van der Waals surface area contributed by atoms with Crippen molar-refractivity contribution in [1.29, 1.82) is 0 Å². The maximum Gasteiger partial charge on any atom is 0.245 e. The Kier molecular flexibility index (Phi) is 4.61. The molecule has 5 heteroatoms. The fraction of sp³-hybridized carbons (Fsp3) is 0.467. The van der Waals surface area contributed by atoms with Gasteiger partial charge in [-0.25, -0.2) is 0 Å². The van der Waals surface area contributed by atoms with Crippen LogP contribution in [0.2, 0.25) is 0 Å². The first kappa shape index (κ1) is 14.4. The summed E-state index contributed by atoms with van der Waals surface area (Å²) in [5.41, 5.74) is 2.17. The van der Waals surface area contributed by atoms with E-state index in [1.165, 1.54) is 0 Å². The summed E-state index contributed by atoms with van der Waals surface area (Å²) in [4.78, 5) is 25.7. The zero-order chi connectivity index (χ0) is 14.5. The molecule has 0 spiro atoms. The molecule has 0 bridgehead atoms. The van der Waals surface area contributed by atoms with E-state index in [2.05, 4.69) is 10.6 Å². The standard InChI is InChI=1S/C15H21N3O2/c1-3-8-18(10-14(19)16-2)15(20)13-9-11-6-4-5-7-12(11)17-13/h4-7,13,17H,3,8-10H2,1-2H3,(H,16,19)/t13-/m0/s1. The molecule has 5 nitrogen and oxygen atoms in total. The van der Waals surface area contributed by atoms with Crippen molar-refractivity contribution in [2.45, 2.75) is 25.8 Å². The fourth-order valence-corrected chi connectivity index (χ4v) is 2.46. The highest BCUT2D eigenvalue weighted by Crippen LogP contribution is 2.26. The van der Waals surface area contributed by atoms with Crippen molar-refractivity contribution in [1.82, 2.24) is 10.2 Å². The van der Waals surface area contributed by atoms with Gasteiger partial charge in [0.15, 0.2) is 0 Å². The number of carbonyl (C=O) groups excluding carboxylic acids is 2. The Hall–Kier alpha value is -2.04. The Balaban J connectivity index is 2.04. The molecule has 1 aromatic carbocycles. The van der Waals surface area contributed by atoms with Crippen LogP contribution < -0.4 is 10.6 Å². The van der Waals surface area contributed by atoms with E-state index >= 15 is 0 Å². The van der Waals surface area contributed by atoms with E-state index in [0.29, 0.717) is 13.0 Å². The predicted octanol–water partition coefficient (Wildman–Crippen LogP) is 1.01. The van der Waals surface area contributed by atoms with Crippen molar-refractivity contribution in [2.75, 3.05) is 25.5 Å². The van der Waals surface area contributed by atoms with Gasteiger partial charge in [0.25, 0.3) is 0 Å². The summed E-state index contributed by atoms with van der Waals surface area (Å²) in [6, 6.07) is 7.67. The fourth-order valence-electron chi connectivity index (χ4n) is 2.46. The molecule has 0 saturated carbocycles. The summed E-state index contributed by atoms with van der Waals surface area (Å²) in [7, 11) is 1.58. The number of hydrogen-bond donors (Lipinski definition) is 2. The lowest BCUT2D eigenvalue weighted by Gasteiger charge is -2.24. The smallest absolute Gasteiger partial charge is 0.245 e. The summed E-state index contributed by atoms with van der Waals surface area (Å²) >= 11 is 0. The van der Waals surface area contributed by atoms with Gasteiger partial charge in [0.1, 0.15) is 6.04 Å². The third-order valence-corrected chi connectivity index (χ3v) is 3.49. The molecule has 1 aliphatic heterocycles. The summed E-state index contributed by atoms with van der Waals surface area (Å²) in [5.74, 6) is -0.144. The average Bonchev–Trinajstić information content (AvgIpc) is 2.89. The number of likely N-dealkylation sites (N-methyl/N-ethyl adjacent to an activating group) is 1. The lowest BCUT2D eigenvalue weighted by atomic mass is 10.1. The van der Waals surface area contributed by atoms with Gasteiger partial charge >= 0.3 is 0 Å². The molecule has 0 fully saturated rings. The lowest BCUT2D eigenvalue weighted by molar-refractivity contribution is -0.136. The molecule has 1 heterocycles. The van der Waals surface area contributed by atoms with Crippen molar-refractivity contribution in [3.8, 4) is 0 Å².